The van der Waals surface area contributed by atoms with E-state index in [-0.39, 0.29) is 0 Å². The summed E-state index contributed by atoms with van der Waals surface area (Å²) in [5.74, 6) is 0. The standard InChI is InChI=1S/C15H20N4O2S/c20-22(21,18-8-11-19-9-6-16-7-10-19)15-3-1-2-13-12-17-5-4-14(13)15/h1-5,12,16,18H,6-11H2. The molecule has 1 aromatic heterocycles. The normalized spacial score (nSPS) is 16.9. The van der Waals surface area contributed by atoms with Crippen molar-refractivity contribution in [1.29, 1.82) is 0 Å². The topological polar surface area (TPSA) is 74.3 Å². The van der Waals surface area contributed by atoms with Gasteiger partial charge in [0.25, 0.3) is 0 Å². The van der Waals surface area contributed by atoms with Crippen LogP contribution in [0, 0.1) is 0 Å². The number of hydrogen-bond donors (Lipinski definition) is 2. The molecule has 1 aliphatic heterocycles. The SMILES string of the molecule is O=S(=O)(NCCN1CCNCC1)c1cccc2cnccc12. The molecule has 0 radical (unpaired) electrons. The third-order valence-corrected chi connectivity index (χ3v) is 5.38. The molecule has 2 aromatic rings. The minimum absolute atomic E-state index is 0.313. The van der Waals surface area contributed by atoms with Crippen molar-refractivity contribution in [3.63, 3.8) is 0 Å². The van der Waals surface area contributed by atoms with E-state index in [0.717, 1.165) is 38.1 Å². The summed E-state index contributed by atoms with van der Waals surface area (Å²) < 4.78 is 27.8. The minimum atomic E-state index is -3.51. The number of rotatable bonds is 5. The zero-order valence-corrected chi connectivity index (χ0v) is 13.1. The van der Waals surface area contributed by atoms with Gasteiger partial charge in [0.05, 0.1) is 4.90 Å². The Morgan fingerprint density at radius 2 is 2.05 bits per heavy atom. The van der Waals surface area contributed by atoms with Gasteiger partial charge in [-0.05, 0) is 12.1 Å². The first-order valence-corrected chi connectivity index (χ1v) is 8.91. The fourth-order valence-corrected chi connectivity index (χ4v) is 3.93. The van der Waals surface area contributed by atoms with E-state index >= 15 is 0 Å². The molecular formula is C15H20N4O2S. The molecular weight excluding hydrogens is 300 g/mol. The van der Waals surface area contributed by atoms with Crippen molar-refractivity contribution in [3.05, 3.63) is 36.7 Å². The Labute approximate surface area is 130 Å². The highest BCUT2D eigenvalue weighted by Gasteiger charge is 2.17. The lowest BCUT2D eigenvalue weighted by atomic mass is 10.2. The Morgan fingerprint density at radius 1 is 1.23 bits per heavy atom. The summed E-state index contributed by atoms with van der Waals surface area (Å²) in [5, 5.41) is 4.81. The lowest BCUT2D eigenvalue weighted by molar-refractivity contribution is 0.245. The number of sulfonamides is 1. The van der Waals surface area contributed by atoms with Crippen LogP contribution in [0.2, 0.25) is 0 Å². The number of benzene rings is 1. The maximum atomic E-state index is 12.5. The van der Waals surface area contributed by atoms with Crippen molar-refractivity contribution < 1.29 is 8.42 Å². The van der Waals surface area contributed by atoms with Gasteiger partial charge >= 0.3 is 0 Å². The van der Waals surface area contributed by atoms with Crippen molar-refractivity contribution in [3.8, 4) is 0 Å². The van der Waals surface area contributed by atoms with Crippen LogP contribution in [0.1, 0.15) is 0 Å². The third kappa shape index (κ3) is 3.44. The third-order valence-electron chi connectivity index (χ3n) is 3.86. The Bertz CT molecular complexity index is 737. The molecule has 0 spiro atoms. The number of piperazine rings is 1. The van der Waals surface area contributed by atoms with Crippen LogP contribution in [-0.2, 0) is 10.0 Å². The maximum absolute atomic E-state index is 12.5. The highest BCUT2D eigenvalue weighted by atomic mass is 32.2. The van der Waals surface area contributed by atoms with E-state index in [1.165, 1.54) is 0 Å². The summed E-state index contributed by atoms with van der Waals surface area (Å²) in [7, 11) is -3.51. The molecule has 0 aliphatic carbocycles. The zero-order valence-electron chi connectivity index (χ0n) is 12.3. The number of nitrogens with one attached hydrogen (secondary N) is 2. The molecule has 1 saturated heterocycles. The molecule has 1 aromatic carbocycles. The predicted molar refractivity (Wildman–Crippen MR) is 86.2 cm³/mol. The molecule has 1 fully saturated rings. The number of hydrogen-bond acceptors (Lipinski definition) is 5. The van der Waals surface area contributed by atoms with Gasteiger partial charge in [-0.1, -0.05) is 12.1 Å². The molecule has 0 amide bonds. The molecule has 0 bridgehead atoms. The monoisotopic (exact) mass is 320 g/mol. The highest BCUT2D eigenvalue weighted by Crippen LogP contribution is 2.21. The van der Waals surface area contributed by atoms with Crippen molar-refractivity contribution in [2.75, 3.05) is 39.3 Å². The molecule has 0 saturated carbocycles. The van der Waals surface area contributed by atoms with E-state index in [1.807, 2.05) is 6.07 Å². The van der Waals surface area contributed by atoms with Gasteiger partial charge in [-0.25, -0.2) is 13.1 Å². The van der Waals surface area contributed by atoms with Crippen molar-refractivity contribution in [1.82, 2.24) is 19.9 Å². The Kier molecular flexibility index (Phi) is 4.68. The van der Waals surface area contributed by atoms with Crippen LogP contribution in [0.25, 0.3) is 10.8 Å². The van der Waals surface area contributed by atoms with Gasteiger partial charge in [-0.3, -0.25) is 9.88 Å². The van der Waals surface area contributed by atoms with Gasteiger partial charge in [0.2, 0.25) is 10.0 Å². The van der Waals surface area contributed by atoms with E-state index < -0.39 is 10.0 Å². The maximum Gasteiger partial charge on any atom is 0.241 e. The van der Waals surface area contributed by atoms with E-state index in [2.05, 4.69) is 19.9 Å². The number of fused-ring (bicyclic) bond motifs is 1. The smallest absolute Gasteiger partial charge is 0.241 e. The highest BCUT2D eigenvalue weighted by molar-refractivity contribution is 7.89. The van der Waals surface area contributed by atoms with Crippen LogP contribution >= 0.6 is 0 Å². The van der Waals surface area contributed by atoms with E-state index in [0.29, 0.717) is 16.8 Å². The molecule has 7 heteroatoms. The predicted octanol–water partition coefficient (Wildman–Crippen LogP) is 0.418. The van der Waals surface area contributed by atoms with Gasteiger partial charge in [0.15, 0.2) is 0 Å². The van der Waals surface area contributed by atoms with Gasteiger partial charge in [-0.2, -0.15) is 0 Å². The van der Waals surface area contributed by atoms with Crippen molar-refractivity contribution in [2.24, 2.45) is 0 Å². The van der Waals surface area contributed by atoms with Crippen LogP contribution in [0.5, 0.6) is 0 Å². The van der Waals surface area contributed by atoms with Crippen LogP contribution in [0.15, 0.2) is 41.6 Å². The first kappa shape index (κ1) is 15.4. The lowest BCUT2D eigenvalue weighted by Gasteiger charge is -2.27. The zero-order chi connectivity index (χ0) is 15.4. The fourth-order valence-electron chi connectivity index (χ4n) is 2.68. The summed E-state index contributed by atoms with van der Waals surface area (Å²) in [6, 6.07) is 6.98. The molecule has 1 aliphatic rings. The Morgan fingerprint density at radius 3 is 2.86 bits per heavy atom. The number of aromatic nitrogens is 1. The summed E-state index contributed by atoms with van der Waals surface area (Å²) in [6.07, 6.45) is 3.29. The fraction of sp³-hybridized carbons (Fsp3) is 0.400. The lowest BCUT2D eigenvalue weighted by Crippen LogP contribution is -2.46. The molecule has 6 nitrogen and oxygen atoms in total. The quantitative estimate of drug-likeness (QED) is 0.835. The van der Waals surface area contributed by atoms with Gasteiger partial charge < -0.3 is 5.32 Å². The van der Waals surface area contributed by atoms with Crippen LogP contribution in [-0.4, -0.2) is 57.6 Å². The second kappa shape index (κ2) is 6.70. The van der Waals surface area contributed by atoms with Crippen LogP contribution < -0.4 is 10.0 Å². The molecule has 22 heavy (non-hydrogen) atoms. The molecule has 0 unspecified atom stereocenters. The van der Waals surface area contributed by atoms with Crippen LogP contribution in [0.4, 0.5) is 0 Å². The largest absolute Gasteiger partial charge is 0.314 e. The van der Waals surface area contributed by atoms with E-state index in [4.69, 9.17) is 0 Å². The van der Waals surface area contributed by atoms with Gasteiger partial charge in [0, 0.05) is 62.4 Å². The summed E-state index contributed by atoms with van der Waals surface area (Å²) in [4.78, 5) is 6.60. The molecule has 3 rings (SSSR count). The second-order valence-electron chi connectivity index (χ2n) is 5.34. The first-order chi connectivity index (χ1) is 10.7. The average Bonchev–Trinajstić information content (AvgIpc) is 2.55. The van der Waals surface area contributed by atoms with Crippen molar-refractivity contribution >= 4 is 20.8 Å². The van der Waals surface area contributed by atoms with Crippen LogP contribution in [0.3, 0.4) is 0 Å². The van der Waals surface area contributed by atoms with E-state index in [9.17, 15) is 8.42 Å². The minimum Gasteiger partial charge on any atom is -0.314 e. The molecule has 0 atom stereocenters. The summed E-state index contributed by atoms with van der Waals surface area (Å²) >= 11 is 0. The van der Waals surface area contributed by atoms with E-state index in [1.54, 1.807) is 30.6 Å². The van der Waals surface area contributed by atoms with Crippen molar-refractivity contribution in [2.45, 2.75) is 4.90 Å². The molecule has 2 N–H and O–H groups in total. The Balaban J connectivity index is 1.71. The van der Waals surface area contributed by atoms with Gasteiger partial charge in [0.1, 0.15) is 0 Å². The number of nitrogens with zero attached hydrogens (tertiary/aromatic N) is 2. The molecule has 118 valence electrons. The average molecular weight is 320 g/mol. The van der Waals surface area contributed by atoms with Gasteiger partial charge in [-0.15, -0.1) is 0 Å². The molecule has 2 heterocycles. The summed E-state index contributed by atoms with van der Waals surface area (Å²) in [6.45, 7) is 4.99. The first-order valence-electron chi connectivity index (χ1n) is 7.42. The second-order valence-corrected chi connectivity index (χ2v) is 7.08. The summed E-state index contributed by atoms with van der Waals surface area (Å²) in [5.41, 5.74) is 0. The Hall–Kier alpha value is -1.54. The number of pyridine rings is 1.